The second kappa shape index (κ2) is 6.84. The monoisotopic (exact) mass is 335 g/mol. The van der Waals surface area contributed by atoms with Crippen LogP contribution in [-0.4, -0.2) is 22.2 Å². The van der Waals surface area contributed by atoms with E-state index >= 15 is 0 Å². The van der Waals surface area contributed by atoms with Gasteiger partial charge in [0.05, 0.1) is 22.5 Å². The Hall–Kier alpha value is -3.00. The first-order valence-electron chi connectivity index (χ1n) is 6.34. The molecule has 0 saturated carbocycles. The lowest BCUT2D eigenvalue weighted by molar-refractivity contribution is -0.393. The van der Waals surface area contributed by atoms with Crippen molar-refractivity contribution in [1.82, 2.24) is 0 Å². The molecule has 0 atom stereocenters. The average molecular weight is 336 g/mol. The Morgan fingerprint density at radius 3 is 2.26 bits per heavy atom. The molecule has 0 aliphatic carbocycles. The van der Waals surface area contributed by atoms with E-state index in [4.69, 9.17) is 11.6 Å². The maximum Gasteiger partial charge on any atom is 0.299 e. The quantitative estimate of drug-likeness (QED) is 0.491. The van der Waals surface area contributed by atoms with E-state index in [2.05, 4.69) is 5.32 Å². The Morgan fingerprint density at radius 1 is 1.04 bits per heavy atom. The molecule has 0 saturated heterocycles. The van der Waals surface area contributed by atoms with E-state index in [1.54, 1.807) is 12.1 Å². The third-order valence-electron chi connectivity index (χ3n) is 2.99. The van der Waals surface area contributed by atoms with Crippen LogP contribution in [0.5, 0.6) is 0 Å². The molecule has 23 heavy (non-hydrogen) atoms. The van der Waals surface area contributed by atoms with Crippen molar-refractivity contribution < 1.29 is 14.6 Å². The SMILES string of the molecule is O=C(CNc1ccc([N+](=O)[O-])cc1[N+](=O)[O-])c1ccc(Cl)cc1. The molecule has 0 radical (unpaired) electrons. The smallest absolute Gasteiger partial charge is 0.299 e. The number of nitrogens with one attached hydrogen (secondary N) is 1. The Balaban J connectivity index is 2.16. The molecule has 0 amide bonds. The van der Waals surface area contributed by atoms with Gasteiger partial charge in [0, 0.05) is 16.7 Å². The van der Waals surface area contributed by atoms with Crippen LogP contribution in [0.1, 0.15) is 10.4 Å². The normalized spacial score (nSPS) is 10.1. The lowest BCUT2D eigenvalue weighted by atomic mass is 10.1. The molecule has 8 nitrogen and oxygen atoms in total. The number of ketones is 1. The van der Waals surface area contributed by atoms with Crippen LogP contribution < -0.4 is 5.32 Å². The van der Waals surface area contributed by atoms with Gasteiger partial charge >= 0.3 is 0 Å². The summed E-state index contributed by atoms with van der Waals surface area (Å²) in [5.41, 5.74) is -0.441. The number of hydrogen-bond donors (Lipinski definition) is 1. The summed E-state index contributed by atoms with van der Waals surface area (Å²) in [4.78, 5) is 32.2. The van der Waals surface area contributed by atoms with Crippen LogP contribution in [0.15, 0.2) is 42.5 Å². The highest BCUT2D eigenvalue weighted by Gasteiger charge is 2.19. The zero-order valence-electron chi connectivity index (χ0n) is 11.6. The van der Waals surface area contributed by atoms with Gasteiger partial charge in [0.15, 0.2) is 5.78 Å². The molecule has 9 heteroatoms. The molecule has 0 fully saturated rings. The highest BCUT2D eigenvalue weighted by atomic mass is 35.5. The fraction of sp³-hybridized carbons (Fsp3) is 0.0714. The number of nitrogens with zero attached hydrogens (tertiary/aromatic N) is 2. The van der Waals surface area contributed by atoms with Crippen molar-refractivity contribution in [2.24, 2.45) is 0 Å². The molecular weight excluding hydrogens is 326 g/mol. The van der Waals surface area contributed by atoms with Crippen LogP contribution in [0.25, 0.3) is 0 Å². The number of nitro benzene ring substituents is 2. The molecule has 0 aliphatic heterocycles. The van der Waals surface area contributed by atoms with Crippen LogP contribution >= 0.6 is 11.6 Å². The van der Waals surface area contributed by atoms with Crippen LogP contribution in [0.2, 0.25) is 5.02 Å². The van der Waals surface area contributed by atoms with Gasteiger partial charge in [-0.05, 0) is 30.3 Å². The van der Waals surface area contributed by atoms with Gasteiger partial charge in [0.2, 0.25) is 0 Å². The zero-order chi connectivity index (χ0) is 17.0. The Kier molecular flexibility index (Phi) is 4.87. The average Bonchev–Trinajstić information content (AvgIpc) is 2.52. The topological polar surface area (TPSA) is 115 Å². The van der Waals surface area contributed by atoms with Crippen molar-refractivity contribution >= 4 is 34.4 Å². The molecule has 0 spiro atoms. The molecule has 0 aliphatic rings. The molecule has 2 aromatic carbocycles. The summed E-state index contributed by atoms with van der Waals surface area (Å²) >= 11 is 5.73. The van der Waals surface area contributed by atoms with Crippen molar-refractivity contribution in [2.75, 3.05) is 11.9 Å². The number of carbonyl (C=O) groups excluding carboxylic acids is 1. The first-order valence-corrected chi connectivity index (χ1v) is 6.72. The van der Waals surface area contributed by atoms with Crippen LogP contribution in [0, 0.1) is 20.2 Å². The van der Waals surface area contributed by atoms with Gasteiger partial charge in [0.25, 0.3) is 11.4 Å². The van der Waals surface area contributed by atoms with Crippen LogP contribution in [0.4, 0.5) is 17.1 Å². The Labute approximate surface area is 135 Å². The second-order valence-corrected chi connectivity index (χ2v) is 4.94. The predicted molar refractivity (Wildman–Crippen MR) is 84.0 cm³/mol. The van der Waals surface area contributed by atoms with E-state index in [-0.39, 0.29) is 18.0 Å². The predicted octanol–water partition coefficient (Wildman–Crippen LogP) is 3.45. The van der Waals surface area contributed by atoms with E-state index in [9.17, 15) is 25.0 Å². The molecule has 118 valence electrons. The minimum Gasteiger partial charge on any atom is -0.372 e. The van der Waals surface area contributed by atoms with E-state index in [1.165, 1.54) is 18.2 Å². The van der Waals surface area contributed by atoms with E-state index in [0.29, 0.717) is 10.6 Å². The number of benzene rings is 2. The summed E-state index contributed by atoms with van der Waals surface area (Å²) in [5, 5.41) is 24.8. The summed E-state index contributed by atoms with van der Waals surface area (Å²) in [7, 11) is 0. The lowest BCUT2D eigenvalue weighted by Gasteiger charge is -2.06. The summed E-state index contributed by atoms with van der Waals surface area (Å²) in [6, 6.07) is 9.36. The third-order valence-corrected chi connectivity index (χ3v) is 3.25. The Bertz CT molecular complexity index is 776. The number of rotatable bonds is 6. The molecule has 1 N–H and O–H groups in total. The van der Waals surface area contributed by atoms with Gasteiger partial charge in [-0.1, -0.05) is 11.6 Å². The molecule has 0 heterocycles. The summed E-state index contributed by atoms with van der Waals surface area (Å²) in [6.07, 6.45) is 0. The van der Waals surface area contributed by atoms with Crippen molar-refractivity contribution in [1.29, 1.82) is 0 Å². The first kappa shape index (κ1) is 16.4. The minimum absolute atomic E-state index is 0.0305. The lowest BCUT2D eigenvalue weighted by Crippen LogP contribution is -2.14. The van der Waals surface area contributed by atoms with Crippen LogP contribution in [-0.2, 0) is 0 Å². The summed E-state index contributed by atoms with van der Waals surface area (Å²) in [6.45, 7) is -0.194. The number of anilines is 1. The Morgan fingerprint density at radius 2 is 1.70 bits per heavy atom. The maximum atomic E-state index is 12.0. The van der Waals surface area contributed by atoms with Gasteiger partial charge in [-0.3, -0.25) is 25.0 Å². The number of carbonyl (C=O) groups is 1. The molecule has 2 rings (SSSR count). The van der Waals surface area contributed by atoms with Crippen molar-refractivity contribution in [3.63, 3.8) is 0 Å². The first-order chi connectivity index (χ1) is 10.9. The fourth-order valence-electron chi connectivity index (χ4n) is 1.85. The van der Waals surface area contributed by atoms with Crippen LogP contribution in [0.3, 0.4) is 0 Å². The van der Waals surface area contributed by atoms with Crippen molar-refractivity contribution in [2.45, 2.75) is 0 Å². The summed E-state index contributed by atoms with van der Waals surface area (Å²) < 4.78 is 0. The van der Waals surface area contributed by atoms with Crippen molar-refractivity contribution in [3.05, 3.63) is 73.3 Å². The fourth-order valence-corrected chi connectivity index (χ4v) is 1.97. The molecule has 0 unspecified atom stereocenters. The molecule has 2 aromatic rings. The highest BCUT2D eigenvalue weighted by molar-refractivity contribution is 6.30. The number of halogens is 1. The largest absolute Gasteiger partial charge is 0.372 e. The molecule has 0 aromatic heterocycles. The molecule has 0 bridgehead atoms. The van der Waals surface area contributed by atoms with E-state index in [1.807, 2.05) is 0 Å². The second-order valence-electron chi connectivity index (χ2n) is 4.50. The minimum atomic E-state index is -0.748. The van der Waals surface area contributed by atoms with Gasteiger partial charge in [-0.2, -0.15) is 0 Å². The standard InChI is InChI=1S/C14H10ClN3O5/c15-10-3-1-9(2-4-10)14(19)8-16-12-6-5-11(17(20)21)7-13(12)18(22)23/h1-7,16H,8H2. The summed E-state index contributed by atoms with van der Waals surface area (Å²) in [5.74, 6) is -0.297. The molecular formula is C14H10ClN3O5. The van der Waals surface area contributed by atoms with Crippen molar-refractivity contribution in [3.8, 4) is 0 Å². The number of nitro groups is 2. The third kappa shape index (κ3) is 4.01. The van der Waals surface area contributed by atoms with Gasteiger partial charge in [-0.15, -0.1) is 0 Å². The highest BCUT2D eigenvalue weighted by Crippen LogP contribution is 2.28. The number of Topliss-reactive ketones (excluding diaryl/α,β-unsaturated/α-hetero) is 1. The zero-order valence-corrected chi connectivity index (χ0v) is 12.3. The van der Waals surface area contributed by atoms with Gasteiger partial charge < -0.3 is 5.32 Å². The van der Waals surface area contributed by atoms with E-state index in [0.717, 1.165) is 12.1 Å². The van der Waals surface area contributed by atoms with E-state index < -0.39 is 21.2 Å². The number of hydrogen-bond acceptors (Lipinski definition) is 6. The van der Waals surface area contributed by atoms with Gasteiger partial charge in [-0.25, -0.2) is 0 Å². The maximum absolute atomic E-state index is 12.0. The number of non-ortho nitro benzene ring substituents is 1. The van der Waals surface area contributed by atoms with Gasteiger partial charge in [0.1, 0.15) is 5.69 Å².